The van der Waals surface area contributed by atoms with E-state index in [4.69, 9.17) is 20.2 Å². The monoisotopic (exact) mass is 401 g/mol. The summed E-state index contributed by atoms with van der Waals surface area (Å²) in [5, 5.41) is 0.515. The molecule has 0 aliphatic heterocycles. The largest absolute Gasteiger partial charge is 0.497 e. The van der Waals surface area contributed by atoms with Crippen LogP contribution >= 0.6 is 0 Å². The van der Waals surface area contributed by atoms with E-state index >= 15 is 0 Å². The van der Waals surface area contributed by atoms with Gasteiger partial charge < -0.3 is 15.2 Å². The number of methoxy groups -OCH3 is 2. The van der Waals surface area contributed by atoms with Crippen LogP contribution in [0.3, 0.4) is 0 Å². The SMILES string of the molecule is COc1ccc(-c2nc3ccc(OC)cc3c(=O)n2Cc2cccc(CN)c2)cc1. The van der Waals surface area contributed by atoms with Crippen LogP contribution in [0.4, 0.5) is 0 Å². The van der Waals surface area contributed by atoms with Crippen LogP contribution in [0.15, 0.2) is 71.5 Å². The van der Waals surface area contributed by atoms with Crippen LogP contribution < -0.4 is 20.8 Å². The van der Waals surface area contributed by atoms with Gasteiger partial charge in [-0.3, -0.25) is 9.36 Å². The van der Waals surface area contributed by atoms with E-state index in [1.54, 1.807) is 24.9 Å². The quantitative estimate of drug-likeness (QED) is 0.534. The van der Waals surface area contributed by atoms with Crippen molar-refractivity contribution >= 4 is 10.9 Å². The second kappa shape index (κ2) is 8.39. The Kier molecular flexibility index (Phi) is 5.50. The minimum atomic E-state index is -0.122. The molecule has 0 unspecified atom stereocenters. The van der Waals surface area contributed by atoms with Crippen LogP contribution in [-0.2, 0) is 13.1 Å². The van der Waals surface area contributed by atoms with Gasteiger partial charge in [-0.1, -0.05) is 24.3 Å². The maximum Gasteiger partial charge on any atom is 0.262 e. The van der Waals surface area contributed by atoms with Crippen molar-refractivity contribution in [3.8, 4) is 22.9 Å². The molecule has 6 heteroatoms. The fourth-order valence-corrected chi connectivity index (χ4v) is 3.47. The van der Waals surface area contributed by atoms with Gasteiger partial charge >= 0.3 is 0 Å². The summed E-state index contributed by atoms with van der Waals surface area (Å²) in [7, 11) is 3.20. The van der Waals surface area contributed by atoms with Gasteiger partial charge in [0.1, 0.15) is 17.3 Å². The summed E-state index contributed by atoms with van der Waals surface area (Å²) in [4.78, 5) is 18.3. The average Bonchev–Trinajstić information content (AvgIpc) is 2.80. The number of fused-ring (bicyclic) bond motifs is 1. The highest BCUT2D eigenvalue weighted by atomic mass is 16.5. The molecule has 0 bridgehead atoms. The Morgan fingerprint density at radius 2 is 1.60 bits per heavy atom. The molecule has 0 aliphatic carbocycles. The zero-order valence-electron chi connectivity index (χ0n) is 17.0. The number of nitrogens with zero attached hydrogens (tertiary/aromatic N) is 2. The molecule has 4 aromatic rings. The molecular weight excluding hydrogens is 378 g/mol. The van der Waals surface area contributed by atoms with Crippen molar-refractivity contribution in [1.82, 2.24) is 9.55 Å². The van der Waals surface area contributed by atoms with Gasteiger partial charge in [-0.25, -0.2) is 4.98 Å². The van der Waals surface area contributed by atoms with E-state index in [0.717, 1.165) is 22.4 Å². The molecule has 0 saturated heterocycles. The summed E-state index contributed by atoms with van der Waals surface area (Å²) < 4.78 is 12.3. The van der Waals surface area contributed by atoms with Gasteiger partial charge in [0.05, 0.1) is 31.7 Å². The molecule has 1 heterocycles. The first-order valence-corrected chi connectivity index (χ1v) is 9.64. The zero-order valence-corrected chi connectivity index (χ0v) is 17.0. The molecule has 152 valence electrons. The van der Waals surface area contributed by atoms with Crippen molar-refractivity contribution in [2.24, 2.45) is 5.73 Å². The summed E-state index contributed by atoms with van der Waals surface area (Å²) in [6.07, 6.45) is 0. The van der Waals surface area contributed by atoms with Crippen molar-refractivity contribution in [1.29, 1.82) is 0 Å². The van der Waals surface area contributed by atoms with Crippen LogP contribution in [-0.4, -0.2) is 23.8 Å². The van der Waals surface area contributed by atoms with Gasteiger partial charge in [0.15, 0.2) is 0 Å². The maximum absolute atomic E-state index is 13.5. The lowest BCUT2D eigenvalue weighted by molar-refractivity contribution is 0.415. The van der Waals surface area contributed by atoms with Crippen LogP contribution in [0.2, 0.25) is 0 Å². The van der Waals surface area contributed by atoms with E-state index in [1.165, 1.54) is 0 Å². The van der Waals surface area contributed by atoms with Crippen molar-refractivity contribution < 1.29 is 9.47 Å². The van der Waals surface area contributed by atoms with Crippen LogP contribution in [0.25, 0.3) is 22.3 Å². The Labute approximate surface area is 174 Å². The molecule has 0 radical (unpaired) electrons. The molecule has 0 amide bonds. The van der Waals surface area contributed by atoms with Crippen molar-refractivity contribution in [2.45, 2.75) is 13.1 Å². The Hall–Kier alpha value is -3.64. The Bertz CT molecular complexity index is 1250. The summed E-state index contributed by atoms with van der Waals surface area (Å²) >= 11 is 0. The fourth-order valence-electron chi connectivity index (χ4n) is 3.47. The summed E-state index contributed by atoms with van der Waals surface area (Å²) in [5.74, 6) is 1.96. The third-order valence-electron chi connectivity index (χ3n) is 5.08. The molecule has 0 aliphatic rings. The first-order valence-electron chi connectivity index (χ1n) is 9.64. The number of nitrogens with two attached hydrogens (primary N) is 1. The van der Waals surface area contributed by atoms with Crippen LogP contribution in [0.1, 0.15) is 11.1 Å². The molecule has 0 fully saturated rings. The molecule has 30 heavy (non-hydrogen) atoms. The predicted molar refractivity (Wildman–Crippen MR) is 118 cm³/mol. The zero-order chi connectivity index (χ0) is 21.1. The number of hydrogen-bond acceptors (Lipinski definition) is 5. The Morgan fingerprint density at radius 3 is 2.30 bits per heavy atom. The minimum absolute atomic E-state index is 0.122. The van der Waals surface area contributed by atoms with Crippen LogP contribution in [0, 0.1) is 0 Å². The molecule has 0 atom stereocenters. The van der Waals surface area contributed by atoms with E-state index < -0.39 is 0 Å². The molecule has 2 N–H and O–H groups in total. The van der Waals surface area contributed by atoms with E-state index in [9.17, 15) is 4.79 Å². The second-order valence-electron chi connectivity index (χ2n) is 6.96. The predicted octanol–water partition coefficient (Wildman–Crippen LogP) is 3.59. The van der Waals surface area contributed by atoms with E-state index in [1.807, 2.05) is 60.7 Å². The third kappa shape index (κ3) is 3.77. The molecule has 4 rings (SSSR count). The number of hydrogen-bond donors (Lipinski definition) is 1. The number of ether oxygens (including phenoxy) is 2. The van der Waals surface area contributed by atoms with Gasteiger partial charge in [-0.15, -0.1) is 0 Å². The van der Waals surface area contributed by atoms with Gasteiger partial charge in [0, 0.05) is 12.1 Å². The van der Waals surface area contributed by atoms with E-state index in [0.29, 0.717) is 35.6 Å². The first kappa shape index (κ1) is 19.7. The number of benzene rings is 3. The van der Waals surface area contributed by atoms with Crippen molar-refractivity contribution in [3.05, 3.63) is 88.2 Å². The fraction of sp³-hybridized carbons (Fsp3) is 0.167. The molecule has 6 nitrogen and oxygen atoms in total. The molecule has 3 aromatic carbocycles. The smallest absolute Gasteiger partial charge is 0.262 e. The van der Waals surface area contributed by atoms with Gasteiger partial charge in [-0.2, -0.15) is 0 Å². The summed E-state index contributed by atoms with van der Waals surface area (Å²) in [5.41, 5.74) is 9.13. The van der Waals surface area contributed by atoms with Crippen molar-refractivity contribution in [3.63, 3.8) is 0 Å². The second-order valence-corrected chi connectivity index (χ2v) is 6.96. The summed E-state index contributed by atoms with van der Waals surface area (Å²) in [6, 6.07) is 20.8. The highest BCUT2D eigenvalue weighted by Crippen LogP contribution is 2.24. The molecule has 0 spiro atoms. The topological polar surface area (TPSA) is 79.4 Å². The lowest BCUT2D eigenvalue weighted by Gasteiger charge is -2.15. The third-order valence-corrected chi connectivity index (χ3v) is 5.08. The Balaban J connectivity index is 1.93. The van der Waals surface area contributed by atoms with Gasteiger partial charge in [0.2, 0.25) is 0 Å². The Morgan fingerprint density at radius 1 is 0.900 bits per heavy atom. The minimum Gasteiger partial charge on any atom is -0.497 e. The number of aromatic nitrogens is 2. The molecule has 1 aromatic heterocycles. The lowest BCUT2D eigenvalue weighted by Crippen LogP contribution is -2.24. The van der Waals surface area contributed by atoms with Gasteiger partial charge in [0.25, 0.3) is 5.56 Å². The maximum atomic E-state index is 13.5. The standard InChI is InChI=1S/C24H23N3O3/c1-29-19-8-6-18(7-9-19)23-26-22-11-10-20(30-2)13-21(22)24(28)27(23)15-17-5-3-4-16(12-17)14-25/h3-13H,14-15,25H2,1-2H3. The lowest BCUT2D eigenvalue weighted by atomic mass is 10.1. The van der Waals surface area contributed by atoms with Gasteiger partial charge in [-0.05, 0) is 53.6 Å². The highest BCUT2D eigenvalue weighted by molar-refractivity contribution is 5.81. The van der Waals surface area contributed by atoms with E-state index in [2.05, 4.69) is 0 Å². The van der Waals surface area contributed by atoms with Crippen LogP contribution in [0.5, 0.6) is 11.5 Å². The highest BCUT2D eigenvalue weighted by Gasteiger charge is 2.14. The average molecular weight is 401 g/mol. The number of rotatable bonds is 6. The van der Waals surface area contributed by atoms with E-state index in [-0.39, 0.29) is 5.56 Å². The normalized spacial score (nSPS) is 10.9. The molecule has 0 saturated carbocycles. The summed E-state index contributed by atoms with van der Waals surface area (Å²) in [6.45, 7) is 0.829. The first-order chi connectivity index (χ1) is 14.6. The van der Waals surface area contributed by atoms with Crippen molar-refractivity contribution in [2.75, 3.05) is 14.2 Å². The molecular formula is C24H23N3O3.